The average Bonchev–Trinajstić information content (AvgIpc) is 3.18. The summed E-state index contributed by atoms with van der Waals surface area (Å²) >= 11 is 3.63. The van der Waals surface area contributed by atoms with Crippen LogP contribution >= 0.6 is 15.9 Å². The summed E-state index contributed by atoms with van der Waals surface area (Å²) in [5.41, 5.74) is 2.78. The summed E-state index contributed by atoms with van der Waals surface area (Å²) in [4.78, 5) is 2.57. The summed E-state index contributed by atoms with van der Waals surface area (Å²) in [6, 6.07) is 7.73. The van der Waals surface area contributed by atoms with Gasteiger partial charge in [-0.1, -0.05) is 35.8 Å². The summed E-state index contributed by atoms with van der Waals surface area (Å²) in [5, 5.41) is 3.54. The first-order chi connectivity index (χ1) is 9.47. The first-order valence-electron chi connectivity index (χ1n) is 7.75. The van der Waals surface area contributed by atoms with Crippen LogP contribution < -0.4 is 10.2 Å². The van der Waals surface area contributed by atoms with Gasteiger partial charge < -0.3 is 10.2 Å². The molecule has 1 N–H and O–H groups in total. The SMILES string of the molecule is CC(C)NCc1ccc(Br)cc1N(CC1CC1)C(C)C. The van der Waals surface area contributed by atoms with Gasteiger partial charge in [-0.3, -0.25) is 0 Å². The topological polar surface area (TPSA) is 15.3 Å². The molecule has 0 bridgehead atoms. The molecule has 0 atom stereocenters. The van der Waals surface area contributed by atoms with E-state index < -0.39 is 0 Å². The molecular formula is C17H27BrN2. The van der Waals surface area contributed by atoms with Crippen LogP contribution in [0.2, 0.25) is 0 Å². The molecule has 1 fully saturated rings. The van der Waals surface area contributed by atoms with Gasteiger partial charge in [-0.25, -0.2) is 0 Å². The van der Waals surface area contributed by atoms with Gasteiger partial charge in [-0.15, -0.1) is 0 Å². The van der Waals surface area contributed by atoms with Crippen LogP contribution in [0, 0.1) is 5.92 Å². The lowest BCUT2D eigenvalue weighted by Gasteiger charge is -2.31. The molecule has 1 aromatic carbocycles. The van der Waals surface area contributed by atoms with Gasteiger partial charge in [0.15, 0.2) is 0 Å². The van der Waals surface area contributed by atoms with Crippen molar-refractivity contribution in [2.75, 3.05) is 11.4 Å². The molecule has 3 heteroatoms. The summed E-state index contributed by atoms with van der Waals surface area (Å²) in [6.45, 7) is 11.1. The van der Waals surface area contributed by atoms with Gasteiger partial charge in [0.05, 0.1) is 0 Å². The largest absolute Gasteiger partial charge is 0.369 e. The average molecular weight is 339 g/mol. The van der Waals surface area contributed by atoms with Crippen molar-refractivity contribution in [3.05, 3.63) is 28.2 Å². The molecule has 0 saturated heterocycles. The first kappa shape index (κ1) is 15.8. The van der Waals surface area contributed by atoms with E-state index in [4.69, 9.17) is 0 Å². The van der Waals surface area contributed by atoms with Crippen molar-refractivity contribution >= 4 is 21.6 Å². The predicted octanol–water partition coefficient (Wildman–Crippen LogP) is 4.57. The maximum absolute atomic E-state index is 3.63. The van der Waals surface area contributed by atoms with Gasteiger partial charge in [-0.2, -0.15) is 0 Å². The number of benzene rings is 1. The number of hydrogen-bond donors (Lipinski definition) is 1. The molecular weight excluding hydrogens is 312 g/mol. The second-order valence-electron chi connectivity index (χ2n) is 6.50. The van der Waals surface area contributed by atoms with Crippen LogP contribution in [0.25, 0.3) is 0 Å². The van der Waals surface area contributed by atoms with Crippen LogP contribution in [0.15, 0.2) is 22.7 Å². The second kappa shape index (κ2) is 6.95. The normalized spacial score (nSPS) is 15.2. The Kier molecular flexibility index (Phi) is 5.50. The Balaban J connectivity index is 2.22. The van der Waals surface area contributed by atoms with Crippen LogP contribution in [0.5, 0.6) is 0 Å². The summed E-state index contributed by atoms with van der Waals surface area (Å²) < 4.78 is 1.17. The fourth-order valence-corrected chi connectivity index (χ4v) is 2.78. The van der Waals surface area contributed by atoms with E-state index in [1.54, 1.807) is 0 Å². The quantitative estimate of drug-likeness (QED) is 0.783. The second-order valence-corrected chi connectivity index (χ2v) is 7.41. The van der Waals surface area contributed by atoms with E-state index in [2.05, 4.69) is 72.0 Å². The smallest absolute Gasteiger partial charge is 0.0425 e. The van der Waals surface area contributed by atoms with Gasteiger partial charge in [-0.05, 0) is 50.3 Å². The van der Waals surface area contributed by atoms with Gasteiger partial charge in [0.2, 0.25) is 0 Å². The van der Waals surface area contributed by atoms with Crippen molar-refractivity contribution < 1.29 is 0 Å². The van der Waals surface area contributed by atoms with Crippen LogP contribution in [0.4, 0.5) is 5.69 Å². The molecule has 0 radical (unpaired) electrons. The Morgan fingerprint density at radius 1 is 1.25 bits per heavy atom. The molecule has 0 amide bonds. The number of rotatable bonds is 7. The van der Waals surface area contributed by atoms with Gasteiger partial charge in [0.25, 0.3) is 0 Å². The third-order valence-electron chi connectivity index (χ3n) is 3.83. The standard InChI is InChI=1S/C17H27BrN2/c1-12(2)19-10-15-7-8-16(18)9-17(15)20(13(3)4)11-14-5-6-14/h7-9,12-14,19H,5-6,10-11H2,1-4H3. The number of anilines is 1. The molecule has 20 heavy (non-hydrogen) atoms. The Morgan fingerprint density at radius 3 is 2.50 bits per heavy atom. The fraction of sp³-hybridized carbons (Fsp3) is 0.647. The van der Waals surface area contributed by atoms with E-state index in [9.17, 15) is 0 Å². The zero-order valence-corrected chi connectivity index (χ0v) is 14.7. The van der Waals surface area contributed by atoms with E-state index in [1.165, 1.54) is 35.1 Å². The molecule has 1 saturated carbocycles. The van der Waals surface area contributed by atoms with Gasteiger partial charge in [0.1, 0.15) is 0 Å². The van der Waals surface area contributed by atoms with Crippen molar-refractivity contribution in [1.29, 1.82) is 0 Å². The van der Waals surface area contributed by atoms with E-state index in [-0.39, 0.29) is 0 Å². The Bertz CT molecular complexity index is 439. The third kappa shape index (κ3) is 4.49. The van der Waals surface area contributed by atoms with E-state index >= 15 is 0 Å². The van der Waals surface area contributed by atoms with Gasteiger partial charge >= 0.3 is 0 Å². The van der Waals surface area contributed by atoms with Gasteiger partial charge in [0, 0.05) is 35.3 Å². The van der Waals surface area contributed by atoms with Crippen LogP contribution in [-0.2, 0) is 6.54 Å². The molecule has 112 valence electrons. The maximum atomic E-state index is 3.63. The van der Waals surface area contributed by atoms with E-state index in [0.717, 1.165) is 12.5 Å². The Morgan fingerprint density at radius 2 is 1.95 bits per heavy atom. The molecule has 0 unspecified atom stereocenters. The van der Waals surface area contributed by atoms with Crippen LogP contribution in [0.1, 0.15) is 46.1 Å². The lowest BCUT2D eigenvalue weighted by molar-refractivity contribution is 0.583. The number of halogens is 1. The van der Waals surface area contributed by atoms with Crippen molar-refractivity contribution in [1.82, 2.24) is 5.32 Å². The maximum Gasteiger partial charge on any atom is 0.0425 e. The fourth-order valence-electron chi connectivity index (χ4n) is 2.43. The van der Waals surface area contributed by atoms with Crippen molar-refractivity contribution in [2.24, 2.45) is 5.92 Å². The highest BCUT2D eigenvalue weighted by molar-refractivity contribution is 9.10. The molecule has 2 nitrogen and oxygen atoms in total. The monoisotopic (exact) mass is 338 g/mol. The molecule has 0 heterocycles. The minimum Gasteiger partial charge on any atom is -0.369 e. The molecule has 0 aliphatic heterocycles. The van der Waals surface area contributed by atoms with Crippen molar-refractivity contribution in [2.45, 2.75) is 59.2 Å². The number of nitrogens with one attached hydrogen (secondary N) is 1. The zero-order chi connectivity index (χ0) is 14.7. The predicted molar refractivity (Wildman–Crippen MR) is 91.3 cm³/mol. The molecule has 1 aliphatic carbocycles. The summed E-state index contributed by atoms with van der Waals surface area (Å²) in [6.07, 6.45) is 2.80. The van der Waals surface area contributed by atoms with E-state index in [0.29, 0.717) is 12.1 Å². The number of nitrogens with zero attached hydrogens (tertiary/aromatic N) is 1. The highest BCUT2D eigenvalue weighted by atomic mass is 79.9. The third-order valence-corrected chi connectivity index (χ3v) is 4.33. The zero-order valence-electron chi connectivity index (χ0n) is 13.1. The molecule has 2 rings (SSSR count). The lowest BCUT2D eigenvalue weighted by Crippen LogP contribution is -2.34. The summed E-state index contributed by atoms with van der Waals surface area (Å²) in [5.74, 6) is 0.905. The highest BCUT2D eigenvalue weighted by Crippen LogP contribution is 2.34. The lowest BCUT2D eigenvalue weighted by atomic mass is 10.1. The first-order valence-corrected chi connectivity index (χ1v) is 8.55. The van der Waals surface area contributed by atoms with Crippen LogP contribution in [-0.4, -0.2) is 18.6 Å². The molecule has 1 aliphatic rings. The van der Waals surface area contributed by atoms with E-state index in [1.807, 2.05) is 0 Å². The van der Waals surface area contributed by atoms with Crippen molar-refractivity contribution in [3.8, 4) is 0 Å². The Hall–Kier alpha value is -0.540. The molecule has 0 spiro atoms. The minimum atomic E-state index is 0.516. The minimum absolute atomic E-state index is 0.516. The number of hydrogen-bond acceptors (Lipinski definition) is 2. The molecule has 1 aromatic rings. The van der Waals surface area contributed by atoms with Crippen molar-refractivity contribution in [3.63, 3.8) is 0 Å². The highest BCUT2D eigenvalue weighted by Gasteiger charge is 2.26. The molecule has 0 aromatic heterocycles. The Labute approximate surface area is 132 Å². The van der Waals surface area contributed by atoms with Crippen LogP contribution in [0.3, 0.4) is 0 Å². The summed E-state index contributed by atoms with van der Waals surface area (Å²) in [7, 11) is 0.